The Hall–Kier alpha value is -7.08. The molecule has 0 aliphatic rings. The third-order valence-electron chi connectivity index (χ3n) is 11.0. The smallest absolute Gasteiger partial charge is 0.164 e. The van der Waals surface area contributed by atoms with Gasteiger partial charge in [0.05, 0.1) is 0 Å². The fourth-order valence-corrected chi connectivity index (χ4v) is 9.02. The first-order valence-electron chi connectivity index (χ1n) is 19.1. The number of hydrogen-bond donors (Lipinski definition) is 0. The van der Waals surface area contributed by atoms with Gasteiger partial charge in [0.15, 0.2) is 17.5 Å². The molecule has 9 aromatic carbocycles. The molecule has 0 spiro atoms. The molecule has 0 radical (unpaired) electrons. The molecule has 0 aliphatic carbocycles. The van der Waals surface area contributed by atoms with Crippen LogP contribution < -0.4 is 0 Å². The van der Waals surface area contributed by atoms with E-state index in [1.807, 2.05) is 30.3 Å². The van der Waals surface area contributed by atoms with Crippen molar-refractivity contribution in [3.05, 3.63) is 182 Å². The van der Waals surface area contributed by atoms with Crippen molar-refractivity contribution in [1.82, 2.24) is 15.0 Å². The predicted octanol–water partition coefficient (Wildman–Crippen LogP) is 14.3. The summed E-state index contributed by atoms with van der Waals surface area (Å²) in [5, 5.41) is 9.03. The first-order chi connectivity index (χ1) is 28.2. The van der Waals surface area contributed by atoms with Gasteiger partial charge in [-0.1, -0.05) is 152 Å². The molecule has 0 N–H and O–H groups in total. The molecule has 2 aromatic heterocycles. The second-order valence-corrected chi connectivity index (χ2v) is 15.1. The molecule has 0 amide bonds. The molecule has 57 heavy (non-hydrogen) atoms. The van der Waals surface area contributed by atoms with Gasteiger partial charge in [-0.15, -0.1) is 11.8 Å². The third kappa shape index (κ3) is 5.58. The van der Waals surface area contributed by atoms with Crippen LogP contribution in [0.4, 0.5) is 0 Å². The maximum atomic E-state index is 6.67. The molecule has 5 heteroatoms. The summed E-state index contributed by atoms with van der Waals surface area (Å²) < 4.78 is 6.67. The Morgan fingerprint density at radius 2 is 0.982 bits per heavy atom. The first kappa shape index (κ1) is 33.3. The maximum Gasteiger partial charge on any atom is 0.164 e. The fraction of sp³-hybridized carbons (Fsp3) is 0.0192. The molecule has 0 unspecified atom stereocenters. The van der Waals surface area contributed by atoms with Crippen LogP contribution in [0.3, 0.4) is 0 Å². The number of nitrogens with zero attached hydrogens (tertiary/aromatic N) is 3. The summed E-state index contributed by atoms with van der Waals surface area (Å²) in [4.78, 5) is 16.8. The SMILES string of the molecule is CSc1ccccc1-c1ccc(-c2ccc3c(c2)oc2cccc(-c4nc(-c5ccccc5)nc(-c5cc6ccccc6c6ccccc56)n4)c23)c2ccccc12. The van der Waals surface area contributed by atoms with Gasteiger partial charge >= 0.3 is 0 Å². The van der Waals surface area contributed by atoms with Crippen LogP contribution >= 0.6 is 11.8 Å². The van der Waals surface area contributed by atoms with Gasteiger partial charge in [-0.3, -0.25) is 0 Å². The minimum absolute atomic E-state index is 0.598. The number of aromatic nitrogens is 3. The summed E-state index contributed by atoms with van der Waals surface area (Å²) in [5.41, 5.74) is 9.13. The molecule has 268 valence electrons. The highest BCUT2D eigenvalue weighted by Crippen LogP contribution is 2.42. The van der Waals surface area contributed by atoms with Gasteiger partial charge < -0.3 is 4.42 Å². The molecule has 11 aromatic rings. The summed E-state index contributed by atoms with van der Waals surface area (Å²) in [5.74, 6) is 1.85. The maximum absolute atomic E-state index is 6.67. The molecule has 0 bridgehead atoms. The average Bonchev–Trinajstić information content (AvgIpc) is 3.67. The highest BCUT2D eigenvalue weighted by atomic mass is 32.2. The standard InChI is InChI=1S/C52H33N3OS/c1-57-48-25-12-11-22-42(48)41-29-28-36(38-19-7-9-20-39(38)41)34-26-27-43-47(31-34)56-46-24-13-23-44(49(43)46)51-53-50(32-14-3-2-4-15-32)54-52(55-51)45-30-33-16-5-6-17-35(33)37-18-8-10-21-40(37)45/h2-31H,1H3. The molecule has 2 heterocycles. The quantitative estimate of drug-likeness (QED) is 0.125. The van der Waals surface area contributed by atoms with Crippen LogP contribution in [0.25, 0.3) is 111 Å². The molecule has 0 aliphatic heterocycles. The van der Waals surface area contributed by atoms with Crippen molar-refractivity contribution >= 4 is 66.0 Å². The van der Waals surface area contributed by atoms with E-state index in [9.17, 15) is 0 Å². The number of fused-ring (bicyclic) bond motifs is 7. The Labute approximate surface area is 333 Å². The first-order valence-corrected chi connectivity index (χ1v) is 20.3. The van der Waals surface area contributed by atoms with Crippen LogP contribution in [0.15, 0.2) is 191 Å². The van der Waals surface area contributed by atoms with E-state index in [-0.39, 0.29) is 0 Å². The summed E-state index contributed by atoms with van der Waals surface area (Å²) in [6, 6.07) is 63.9. The lowest BCUT2D eigenvalue weighted by Gasteiger charge is -2.14. The Bertz CT molecular complexity index is 3350. The lowest BCUT2D eigenvalue weighted by molar-refractivity contribution is 0.669. The van der Waals surface area contributed by atoms with Crippen molar-refractivity contribution in [2.75, 3.05) is 6.26 Å². The van der Waals surface area contributed by atoms with Crippen molar-refractivity contribution in [2.45, 2.75) is 4.90 Å². The molecule has 4 nitrogen and oxygen atoms in total. The highest BCUT2D eigenvalue weighted by molar-refractivity contribution is 7.98. The predicted molar refractivity (Wildman–Crippen MR) is 239 cm³/mol. The van der Waals surface area contributed by atoms with E-state index in [4.69, 9.17) is 19.4 Å². The summed E-state index contributed by atoms with van der Waals surface area (Å²) in [6.45, 7) is 0. The zero-order chi connectivity index (χ0) is 37.9. The van der Waals surface area contributed by atoms with Crippen molar-refractivity contribution < 1.29 is 4.42 Å². The number of rotatable bonds is 6. The number of furan rings is 1. The third-order valence-corrected chi connectivity index (χ3v) is 11.8. The van der Waals surface area contributed by atoms with E-state index in [1.54, 1.807) is 11.8 Å². The molecule has 0 saturated heterocycles. The summed E-state index contributed by atoms with van der Waals surface area (Å²) in [7, 11) is 0. The Balaban J connectivity index is 1.09. The summed E-state index contributed by atoms with van der Waals surface area (Å²) in [6.07, 6.45) is 2.14. The molecule has 0 atom stereocenters. The molecule has 0 saturated carbocycles. The van der Waals surface area contributed by atoms with Crippen molar-refractivity contribution in [3.8, 4) is 56.4 Å². The van der Waals surface area contributed by atoms with Crippen LogP contribution in [0, 0.1) is 0 Å². The molecule has 11 rings (SSSR count). The van der Waals surface area contributed by atoms with Gasteiger partial charge in [-0.2, -0.15) is 0 Å². The number of thioether (sulfide) groups is 1. The monoisotopic (exact) mass is 747 g/mol. The Kier molecular flexibility index (Phi) is 7.93. The zero-order valence-corrected chi connectivity index (χ0v) is 31.8. The minimum Gasteiger partial charge on any atom is -0.456 e. The molecule has 0 fully saturated rings. The van der Waals surface area contributed by atoms with E-state index in [1.165, 1.54) is 37.6 Å². The second kappa shape index (κ2) is 13.6. The number of benzene rings is 9. The Morgan fingerprint density at radius 1 is 0.368 bits per heavy atom. The van der Waals surface area contributed by atoms with Crippen molar-refractivity contribution in [1.29, 1.82) is 0 Å². The second-order valence-electron chi connectivity index (χ2n) is 14.3. The van der Waals surface area contributed by atoms with E-state index in [2.05, 4.69) is 158 Å². The van der Waals surface area contributed by atoms with E-state index in [0.29, 0.717) is 17.5 Å². The van der Waals surface area contributed by atoms with E-state index < -0.39 is 0 Å². The summed E-state index contributed by atoms with van der Waals surface area (Å²) >= 11 is 1.78. The highest BCUT2D eigenvalue weighted by Gasteiger charge is 2.20. The normalized spacial score (nSPS) is 11.7. The largest absolute Gasteiger partial charge is 0.456 e. The molecular weight excluding hydrogens is 715 g/mol. The molecular formula is C52H33N3OS. The van der Waals surface area contributed by atoms with Crippen LogP contribution in [0.5, 0.6) is 0 Å². The fourth-order valence-electron chi connectivity index (χ4n) is 8.40. The van der Waals surface area contributed by atoms with Crippen LogP contribution in [0.2, 0.25) is 0 Å². The van der Waals surface area contributed by atoms with E-state index >= 15 is 0 Å². The Morgan fingerprint density at radius 3 is 1.79 bits per heavy atom. The van der Waals surface area contributed by atoms with Gasteiger partial charge in [0.2, 0.25) is 0 Å². The van der Waals surface area contributed by atoms with Gasteiger partial charge in [0.1, 0.15) is 11.2 Å². The van der Waals surface area contributed by atoms with Crippen LogP contribution in [-0.2, 0) is 0 Å². The van der Waals surface area contributed by atoms with Gasteiger partial charge in [-0.25, -0.2) is 15.0 Å². The minimum atomic E-state index is 0.598. The zero-order valence-electron chi connectivity index (χ0n) is 31.0. The van der Waals surface area contributed by atoms with Crippen molar-refractivity contribution in [3.63, 3.8) is 0 Å². The number of hydrogen-bond acceptors (Lipinski definition) is 5. The lowest BCUT2D eigenvalue weighted by atomic mass is 9.91. The topological polar surface area (TPSA) is 51.8 Å². The van der Waals surface area contributed by atoms with Gasteiger partial charge in [-0.05, 0) is 91.2 Å². The van der Waals surface area contributed by atoms with Crippen molar-refractivity contribution in [2.24, 2.45) is 0 Å². The van der Waals surface area contributed by atoms with Gasteiger partial charge in [0.25, 0.3) is 0 Å². The average molecular weight is 748 g/mol. The van der Waals surface area contributed by atoms with Gasteiger partial charge in [0, 0.05) is 32.4 Å². The van der Waals surface area contributed by atoms with Crippen LogP contribution in [-0.4, -0.2) is 21.2 Å². The lowest BCUT2D eigenvalue weighted by Crippen LogP contribution is -2.01. The van der Waals surface area contributed by atoms with Crippen LogP contribution in [0.1, 0.15) is 0 Å². The van der Waals surface area contributed by atoms with E-state index in [0.717, 1.165) is 60.5 Å².